The smallest absolute Gasteiger partial charge is 0.143 e. The molecule has 1 aromatic rings. The lowest BCUT2D eigenvalue weighted by atomic mass is 10.2. The number of halogens is 1. The Morgan fingerprint density at radius 2 is 2.00 bits per heavy atom. The fraction of sp³-hybridized carbons (Fsp3) is 0.692. The minimum atomic E-state index is 0.709. The lowest BCUT2D eigenvalue weighted by molar-refractivity contribution is 0.754. The van der Waals surface area contributed by atoms with Crippen LogP contribution in [0.3, 0.4) is 0 Å². The number of nitrogens with zero attached hydrogens (tertiary/aromatic N) is 2. The van der Waals surface area contributed by atoms with Gasteiger partial charge in [0.1, 0.15) is 11.6 Å². The molecule has 0 spiro atoms. The third-order valence-corrected chi connectivity index (χ3v) is 4.46. The van der Waals surface area contributed by atoms with Gasteiger partial charge in [-0.15, -0.1) is 0 Å². The van der Waals surface area contributed by atoms with E-state index >= 15 is 0 Å². The first-order valence-corrected chi connectivity index (χ1v) is 7.66. The molecule has 0 radical (unpaired) electrons. The SMILES string of the molecule is CCNc1nc(CC2CC2)nc(C2CC2)c1I. The van der Waals surface area contributed by atoms with Crippen molar-refractivity contribution >= 4 is 28.4 Å². The van der Waals surface area contributed by atoms with E-state index in [0.717, 1.165) is 30.5 Å². The van der Waals surface area contributed by atoms with Crippen molar-refractivity contribution in [3.63, 3.8) is 0 Å². The highest BCUT2D eigenvalue weighted by Crippen LogP contribution is 2.42. The van der Waals surface area contributed by atoms with Crippen LogP contribution < -0.4 is 5.32 Å². The van der Waals surface area contributed by atoms with Crippen LogP contribution in [-0.2, 0) is 6.42 Å². The Hall–Kier alpha value is -0.390. The molecule has 4 heteroatoms. The monoisotopic (exact) mass is 343 g/mol. The van der Waals surface area contributed by atoms with E-state index in [-0.39, 0.29) is 0 Å². The van der Waals surface area contributed by atoms with Crippen LogP contribution in [0.15, 0.2) is 0 Å². The van der Waals surface area contributed by atoms with Crippen molar-refractivity contribution in [2.75, 3.05) is 11.9 Å². The van der Waals surface area contributed by atoms with E-state index in [2.05, 4.69) is 39.8 Å². The van der Waals surface area contributed by atoms with Crippen LogP contribution >= 0.6 is 22.6 Å². The third kappa shape index (κ3) is 2.72. The summed E-state index contributed by atoms with van der Waals surface area (Å²) in [4.78, 5) is 9.48. The van der Waals surface area contributed by atoms with Crippen LogP contribution in [0.2, 0.25) is 0 Å². The molecule has 17 heavy (non-hydrogen) atoms. The number of aromatic nitrogens is 2. The minimum absolute atomic E-state index is 0.709. The van der Waals surface area contributed by atoms with Crippen molar-refractivity contribution in [2.45, 2.75) is 44.9 Å². The Bertz CT molecular complexity index is 425. The molecule has 1 heterocycles. The standard InChI is InChI=1S/C13H18IN3/c1-2-15-13-11(14)12(9-5-6-9)16-10(17-13)7-8-3-4-8/h8-9H,2-7H2,1H3,(H,15,16,17). The van der Waals surface area contributed by atoms with E-state index in [4.69, 9.17) is 4.98 Å². The van der Waals surface area contributed by atoms with Gasteiger partial charge in [-0.3, -0.25) is 0 Å². The summed E-state index contributed by atoms with van der Waals surface area (Å²) in [5, 5.41) is 3.37. The third-order valence-electron chi connectivity index (χ3n) is 3.40. The maximum Gasteiger partial charge on any atom is 0.143 e. The lowest BCUT2D eigenvalue weighted by Crippen LogP contribution is -2.09. The summed E-state index contributed by atoms with van der Waals surface area (Å²) in [6.45, 7) is 3.05. The normalized spacial score (nSPS) is 19.4. The second-order valence-electron chi connectivity index (χ2n) is 5.14. The number of nitrogens with one attached hydrogen (secondary N) is 1. The van der Waals surface area contributed by atoms with E-state index < -0.39 is 0 Å². The van der Waals surface area contributed by atoms with Gasteiger partial charge in [-0.25, -0.2) is 9.97 Å². The molecule has 0 bridgehead atoms. The van der Waals surface area contributed by atoms with Crippen molar-refractivity contribution in [3.8, 4) is 0 Å². The van der Waals surface area contributed by atoms with E-state index in [1.165, 1.54) is 34.9 Å². The molecule has 2 fully saturated rings. The number of hydrogen-bond acceptors (Lipinski definition) is 3. The Balaban J connectivity index is 1.91. The molecule has 1 N–H and O–H groups in total. The van der Waals surface area contributed by atoms with E-state index in [1.807, 2.05) is 0 Å². The Morgan fingerprint density at radius 3 is 2.59 bits per heavy atom. The molecule has 2 aliphatic carbocycles. The van der Waals surface area contributed by atoms with E-state index in [1.54, 1.807) is 0 Å². The summed E-state index contributed by atoms with van der Waals surface area (Å²) >= 11 is 2.40. The number of hydrogen-bond donors (Lipinski definition) is 1. The first-order valence-electron chi connectivity index (χ1n) is 6.58. The molecule has 92 valence electrons. The summed E-state index contributed by atoms with van der Waals surface area (Å²) in [6, 6.07) is 0. The van der Waals surface area contributed by atoms with Crippen LogP contribution in [0.4, 0.5) is 5.82 Å². The highest BCUT2D eigenvalue weighted by atomic mass is 127. The second kappa shape index (κ2) is 4.71. The fourth-order valence-electron chi connectivity index (χ4n) is 2.10. The summed E-state index contributed by atoms with van der Waals surface area (Å²) in [5.74, 6) is 3.68. The molecule has 0 aromatic carbocycles. The first kappa shape index (κ1) is 11.7. The summed E-state index contributed by atoms with van der Waals surface area (Å²) in [6.07, 6.45) is 6.42. The van der Waals surface area contributed by atoms with Gasteiger partial charge in [0, 0.05) is 18.9 Å². The van der Waals surface area contributed by atoms with Gasteiger partial charge in [-0.2, -0.15) is 0 Å². The van der Waals surface area contributed by atoms with Gasteiger partial charge in [0.25, 0.3) is 0 Å². The first-order chi connectivity index (χ1) is 8.28. The zero-order valence-corrected chi connectivity index (χ0v) is 12.3. The molecule has 3 rings (SSSR count). The van der Waals surface area contributed by atoms with Crippen molar-refractivity contribution < 1.29 is 0 Å². The number of anilines is 1. The van der Waals surface area contributed by atoms with Crippen LogP contribution in [0.25, 0.3) is 0 Å². The van der Waals surface area contributed by atoms with Gasteiger partial charge in [0.15, 0.2) is 0 Å². The van der Waals surface area contributed by atoms with Crippen LogP contribution in [0, 0.1) is 9.49 Å². The van der Waals surface area contributed by atoms with Crippen LogP contribution in [-0.4, -0.2) is 16.5 Å². The van der Waals surface area contributed by atoms with Crippen LogP contribution in [0.5, 0.6) is 0 Å². The van der Waals surface area contributed by atoms with Crippen molar-refractivity contribution in [1.29, 1.82) is 0 Å². The van der Waals surface area contributed by atoms with E-state index in [0.29, 0.717) is 5.92 Å². The maximum absolute atomic E-state index is 4.80. The Labute approximate surface area is 116 Å². The van der Waals surface area contributed by atoms with Gasteiger partial charge in [-0.1, -0.05) is 0 Å². The zero-order valence-electron chi connectivity index (χ0n) is 10.2. The average Bonchev–Trinajstić information content (AvgIpc) is 3.14. The van der Waals surface area contributed by atoms with Gasteiger partial charge in [0.05, 0.1) is 9.26 Å². The lowest BCUT2D eigenvalue weighted by Gasteiger charge is -2.11. The van der Waals surface area contributed by atoms with Crippen LogP contribution in [0.1, 0.15) is 50.0 Å². The minimum Gasteiger partial charge on any atom is -0.369 e. The highest BCUT2D eigenvalue weighted by Gasteiger charge is 2.30. The molecule has 0 aliphatic heterocycles. The second-order valence-corrected chi connectivity index (χ2v) is 6.22. The topological polar surface area (TPSA) is 37.8 Å². The average molecular weight is 343 g/mol. The summed E-state index contributed by atoms with van der Waals surface area (Å²) in [7, 11) is 0. The molecule has 0 amide bonds. The predicted molar refractivity (Wildman–Crippen MR) is 77.3 cm³/mol. The van der Waals surface area contributed by atoms with E-state index in [9.17, 15) is 0 Å². The van der Waals surface area contributed by atoms with Crippen molar-refractivity contribution in [2.24, 2.45) is 5.92 Å². The maximum atomic E-state index is 4.80. The molecular weight excluding hydrogens is 325 g/mol. The number of rotatable bonds is 5. The fourth-order valence-corrected chi connectivity index (χ4v) is 2.97. The summed E-state index contributed by atoms with van der Waals surface area (Å²) < 4.78 is 1.24. The predicted octanol–water partition coefficient (Wildman–Crippen LogP) is 3.34. The Morgan fingerprint density at radius 1 is 1.24 bits per heavy atom. The zero-order chi connectivity index (χ0) is 11.8. The molecule has 1 aromatic heterocycles. The summed E-state index contributed by atoms with van der Waals surface area (Å²) in [5.41, 5.74) is 1.30. The quantitative estimate of drug-likeness (QED) is 0.834. The molecular formula is C13H18IN3. The molecule has 0 saturated heterocycles. The highest BCUT2D eigenvalue weighted by molar-refractivity contribution is 14.1. The molecule has 0 unspecified atom stereocenters. The largest absolute Gasteiger partial charge is 0.369 e. The molecule has 3 nitrogen and oxygen atoms in total. The molecule has 2 aliphatic rings. The van der Waals surface area contributed by atoms with Gasteiger partial charge >= 0.3 is 0 Å². The van der Waals surface area contributed by atoms with Crippen molar-refractivity contribution in [3.05, 3.63) is 15.1 Å². The van der Waals surface area contributed by atoms with Gasteiger partial charge < -0.3 is 5.32 Å². The van der Waals surface area contributed by atoms with Crippen molar-refractivity contribution in [1.82, 2.24) is 9.97 Å². The van der Waals surface area contributed by atoms with Gasteiger partial charge in [0.2, 0.25) is 0 Å². The van der Waals surface area contributed by atoms with Gasteiger partial charge in [-0.05, 0) is 61.1 Å². The molecule has 2 saturated carbocycles. The molecule has 0 atom stereocenters. The Kier molecular flexibility index (Phi) is 3.23.